The lowest BCUT2D eigenvalue weighted by molar-refractivity contribution is 0.128. The third-order valence-corrected chi connectivity index (χ3v) is 2.66. The Morgan fingerprint density at radius 1 is 1.38 bits per heavy atom. The summed E-state index contributed by atoms with van der Waals surface area (Å²) in [7, 11) is 0. The molecule has 0 saturated carbocycles. The highest BCUT2D eigenvalue weighted by Crippen LogP contribution is 2.22. The van der Waals surface area contributed by atoms with Gasteiger partial charge in [0.1, 0.15) is 12.4 Å². The molecule has 16 heavy (non-hydrogen) atoms. The summed E-state index contributed by atoms with van der Waals surface area (Å²) >= 11 is 3.39. The summed E-state index contributed by atoms with van der Waals surface area (Å²) in [4.78, 5) is 8.58. The predicted octanol–water partition coefficient (Wildman–Crippen LogP) is 2.51. The van der Waals surface area contributed by atoms with Crippen LogP contribution in [-0.4, -0.2) is 16.6 Å². The molecule has 5 heteroatoms. The molecule has 0 aliphatic heterocycles. The molecule has 1 aromatic carbocycles. The van der Waals surface area contributed by atoms with E-state index in [2.05, 4.69) is 25.9 Å². The molecule has 0 bridgehead atoms. The van der Waals surface area contributed by atoms with Gasteiger partial charge in [0.25, 0.3) is 0 Å². The summed E-state index contributed by atoms with van der Waals surface area (Å²) in [5.41, 5.74) is 6.71. The minimum absolute atomic E-state index is 0.396. The van der Waals surface area contributed by atoms with Crippen LogP contribution >= 0.6 is 15.9 Å². The molecule has 0 saturated heterocycles. The molecular formula is C11H12BrN3O. The highest BCUT2D eigenvalue weighted by atomic mass is 79.9. The van der Waals surface area contributed by atoms with Crippen LogP contribution in [0.5, 0.6) is 0 Å². The van der Waals surface area contributed by atoms with Crippen LogP contribution in [0.15, 0.2) is 22.7 Å². The fraction of sp³-hybridized carbons (Fsp3) is 0.273. The van der Waals surface area contributed by atoms with Crippen LogP contribution in [0.1, 0.15) is 12.7 Å². The highest BCUT2D eigenvalue weighted by Gasteiger charge is 2.05. The Kier molecular flexibility index (Phi) is 3.36. The largest absolute Gasteiger partial charge is 0.383 e. The van der Waals surface area contributed by atoms with E-state index in [1.54, 1.807) is 0 Å². The van der Waals surface area contributed by atoms with E-state index in [0.717, 1.165) is 15.4 Å². The maximum absolute atomic E-state index is 5.87. The van der Waals surface area contributed by atoms with Gasteiger partial charge in [0, 0.05) is 16.5 Å². The van der Waals surface area contributed by atoms with Gasteiger partial charge in [-0.25, -0.2) is 9.97 Å². The van der Waals surface area contributed by atoms with Crippen LogP contribution in [0.4, 0.5) is 5.82 Å². The summed E-state index contributed by atoms with van der Waals surface area (Å²) in [6.45, 7) is 2.97. The molecule has 0 radical (unpaired) electrons. The quantitative estimate of drug-likeness (QED) is 0.939. The Labute approximate surface area is 102 Å². The summed E-state index contributed by atoms with van der Waals surface area (Å²) in [6.07, 6.45) is 0. The van der Waals surface area contributed by atoms with Gasteiger partial charge >= 0.3 is 0 Å². The summed E-state index contributed by atoms with van der Waals surface area (Å²) in [5, 5.41) is 0.856. The first-order valence-corrected chi connectivity index (χ1v) is 5.79. The van der Waals surface area contributed by atoms with E-state index in [9.17, 15) is 0 Å². The maximum Gasteiger partial charge on any atom is 0.157 e. The molecule has 2 rings (SSSR count). The van der Waals surface area contributed by atoms with Crippen molar-refractivity contribution < 1.29 is 4.74 Å². The number of nitrogens with two attached hydrogens (primary N) is 1. The number of fused-ring (bicyclic) bond motifs is 1. The molecule has 1 heterocycles. The van der Waals surface area contributed by atoms with Crippen molar-refractivity contribution in [3.63, 3.8) is 0 Å². The third-order valence-electron chi connectivity index (χ3n) is 2.17. The van der Waals surface area contributed by atoms with E-state index in [-0.39, 0.29) is 0 Å². The number of hydrogen-bond donors (Lipinski definition) is 1. The van der Waals surface area contributed by atoms with Crippen molar-refractivity contribution in [1.82, 2.24) is 9.97 Å². The molecule has 0 aliphatic rings. The molecule has 2 N–H and O–H groups in total. The Morgan fingerprint density at radius 3 is 2.94 bits per heavy atom. The molecule has 0 spiro atoms. The number of halogens is 1. The van der Waals surface area contributed by atoms with Crippen LogP contribution in [0.2, 0.25) is 0 Å². The van der Waals surface area contributed by atoms with E-state index in [0.29, 0.717) is 24.9 Å². The van der Waals surface area contributed by atoms with Crippen molar-refractivity contribution in [2.45, 2.75) is 13.5 Å². The van der Waals surface area contributed by atoms with Gasteiger partial charge < -0.3 is 10.5 Å². The molecule has 0 unspecified atom stereocenters. The monoisotopic (exact) mass is 281 g/mol. The zero-order valence-electron chi connectivity index (χ0n) is 8.90. The lowest BCUT2D eigenvalue weighted by atomic mass is 10.2. The van der Waals surface area contributed by atoms with E-state index in [1.807, 2.05) is 25.1 Å². The molecule has 0 atom stereocenters. The topological polar surface area (TPSA) is 61.0 Å². The number of rotatable bonds is 3. The van der Waals surface area contributed by atoms with Crippen LogP contribution in [0.25, 0.3) is 10.9 Å². The molecule has 0 amide bonds. The highest BCUT2D eigenvalue weighted by molar-refractivity contribution is 9.10. The van der Waals surface area contributed by atoms with Gasteiger partial charge in [0.05, 0.1) is 5.52 Å². The fourth-order valence-electron chi connectivity index (χ4n) is 1.43. The number of aromatic nitrogens is 2. The number of hydrogen-bond acceptors (Lipinski definition) is 4. The zero-order chi connectivity index (χ0) is 11.5. The van der Waals surface area contributed by atoms with Gasteiger partial charge in [-0.1, -0.05) is 15.9 Å². The minimum atomic E-state index is 0.396. The number of nitrogen functional groups attached to an aromatic ring is 1. The lowest BCUT2D eigenvalue weighted by Crippen LogP contribution is -2.03. The second-order valence-electron chi connectivity index (χ2n) is 3.32. The second kappa shape index (κ2) is 4.76. The summed E-state index contributed by atoms with van der Waals surface area (Å²) in [5.74, 6) is 1.11. The number of anilines is 1. The van der Waals surface area contributed by atoms with Crippen molar-refractivity contribution >= 4 is 32.7 Å². The predicted molar refractivity (Wildman–Crippen MR) is 67.0 cm³/mol. The second-order valence-corrected chi connectivity index (χ2v) is 4.24. The van der Waals surface area contributed by atoms with Gasteiger partial charge in [-0.05, 0) is 25.1 Å². The first-order valence-electron chi connectivity index (χ1n) is 5.00. The summed E-state index contributed by atoms with van der Waals surface area (Å²) in [6, 6.07) is 5.75. The first kappa shape index (κ1) is 11.3. The Morgan fingerprint density at radius 2 is 2.19 bits per heavy atom. The minimum Gasteiger partial charge on any atom is -0.383 e. The number of benzene rings is 1. The van der Waals surface area contributed by atoms with Crippen molar-refractivity contribution in [3.8, 4) is 0 Å². The smallest absolute Gasteiger partial charge is 0.157 e. The zero-order valence-corrected chi connectivity index (χ0v) is 10.5. The standard InChI is InChI=1S/C11H12BrN3O/c1-2-16-6-10-14-9-4-3-7(12)5-8(9)11(13)15-10/h3-5H,2,6H2,1H3,(H2,13,14,15). The number of ether oxygens (including phenoxy) is 1. The van der Waals surface area contributed by atoms with Crippen LogP contribution in [0.3, 0.4) is 0 Å². The van der Waals surface area contributed by atoms with Crippen LogP contribution in [-0.2, 0) is 11.3 Å². The SMILES string of the molecule is CCOCc1nc(N)c2cc(Br)ccc2n1. The Hall–Kier alpha value is -1.20. The van der Waals surface area contributed by atoms with E-state index in [1.165, 1.54) is 0 Å². The van der Waals surface area contributed by atoms with Crippen molar-refractivity contribution in [2.75, 3.05) is 12.3 Å². The van der Waals surface area contributed by atoms with Crippen molar-refractivity contribution in [1.29, 1.82) is 0 Å². The van der Waals surface area contributed by atoms with Gasteiger partial charge in [-0.15, -0.1) is 0 Å². The van der Waals surface area contributed by atoms with Gasteiger partial charge in [0.2, 0.25) is 0 Å². The number of nitrogens with zero attached hydrogens (tertiary/aromatic N) is 2. The molecule has 0 fully saturated rings. The van der Waals surface area contributed by atoms with Crippen molar-refractivity contribution in [2.24, 2.45) is 0 Å². The molecule has 1 aromatic heterocycles. The molecule has 84 valence electrons. The molecular weight excluding hydrogens is 270 g/mol. The lowest BCUT2D eigenvalue weighted by Gasteiger charge is -2.05. The average Bonchev–Trinajstić information content (AvgIpc) is 2.27. The van der Waals surface area contributed by atoms with Gasteiger partial charge in [-0.2, -0.15) is 0 Å². The first-order chi connectivity index (χ1) is 7.70. The maximum atomic E-state index is 5.87. The molecule has 2 aromatic rings. The van der Waals surface area contributed by atoms with E-state index < -0.39 is 0 Å². The normalized spacial score (nSPS) is 10.9. The van der Waals surface area contributed by atoms with Crippen molar-refractivity contribution in [3.05, 3.63) is 28.5 Å². The Balaban J connectivity index is 2.46. The summed E-state index contributed by atoms with van der Waals surface area (Å²) < 4.78 is 6.22. The van der Waals surface area contributed by atoms with E-state index >= 15 is 0 Å². The fourth-order valence-corrected chi connectivity index (χ4v) is 1.79. The van der Waals surface area contributed by atoms with E-state index in [4.69, 9.17) is 10.5 Å². The molecule has 4 nitrogen and oxygen atoms in total. The van der Waals surface area contributed by atoms with Crippen LogP contribution < -0.4 is 5.73 Å². The average molecular weight is 282 g/mol. The van der Waals surface area contributed by atoms with Gasteiger partial charge in [-0.3, -0.25) is 0 Å². The third kappa shape index (κ3) is 2.31. The van der Waals surface area contributed by atoms with Gasteiger partial charge in [0.15, 0.2) is 5.82 Å². The Bertz CT molecular complexity index is 516. The van der Waals surface area contributed by atoms with Crippen LogP contribution in [0, 0.1) is 0 Å². The molecule has 0 aliphatic carbocycles.